The summed E-state index contributed by atoms with van der Waals surface area (Å²) in [6.07, 6.45) is 4.21. The van der Waals surface area contributed by atoms with Crippen LogP contribution in [0.25, 0.3) is 0 Å². The first-order valence-corrected chi connectivity index (χ1v) is 7.61. The van der Waals surface area contributed by atoms with Gasteiger partial charge in [-0.05, 0) is 37.0 Å². The minimum absolute atomic E-state index is 0.138. The maximum atomic E-state index is 12.5. The molecular formula is C17H25NO2. The normalized spacial score (nSPS) is 19.9. The molecule has 2 rings (SSSR count). The van der Waals surface area contributed by atoms with Crippen molar-refractivity contribution < 1.29 is 9.53 Å². The predicted octanol–water partition coefficient (Wildman–Crippen LogP) is 3.79. The zero-order chi connectivity index (χ0) is 14.5. The molecule has 0 spiro atoms. The molecule has 3 heteroatoms. The summed E-state index contributed by atoms with van der Waals surface area (Å²) >= 11 is 0. The second kappa shape index (κ2) is 6.78. The van der Waals surface area contributed by atoms with Crippen molar-refractivity contribution in [2.75, 3.05) is 13.7 Å². The lowest BCUT2D eigenvalue weighted by Crippen LogP contribution is -2.34. The van der Waals surface area contributed by atoms with E-state index in [1.165, 1.54) is 5.56 Å². The van der Waals surface area contributed by atoms with Gasteiger partial charge in [-0.3, -0.25) is 4.79 Å². The van der Waals surface area contributed by atoms with Crippen molar-refractivity contribution in [3.05, 3.63) is 29.8 Å². The Morgan fingerprint density at radius 2 is 2.10 bits per heavy atom. The number of carbonyl (C=O) groups excluding carboxylic acids is 1. The summed E-state index contributed by atoms with van der Waals surface area (Å²) in [5.74, 6) is 1.31. The molecule has 1 fully saturated rings. The summed E-state index contributed by atoms with van der Waals surface area (Å²) in [5, 5.41) is 0. The number of carbonyl (C=O) groups is 1. The van der Waals surface area contributed by atoms with Gasteiger partial charge in [-0.1, -0.05) is 32.4 Å². The van der Waals surface area contributed by atoms with Crippen LogP contribution >= 0.6 is 0 Å². The molecule has 110 valence electrons. The van der Waals surface area contributed by atoms with Gasteiger partial charge in [-0.2, -0.15) is 0 Å². The summed E-state index contributed by atoms with van der Waals surface area (Å²) in [4.78, 5) is 14.6. The molecule has 0 aliphatic carbocycles. The highest BCUT2D eigenvalue weighted by atomic mass is 16.5. The van der Waals surface area contributed by atoms with E-state index in [1.54, 1.807) is 7.11 Å². The first-order valence-electron chi connectivity index (χ1n) is 7.61. The van der Waals surface area contributed by atoms with Crippen LogP contribution in [0, 0.1) is 5.92 Å². The number of amides is 1. The zero-order valence-electron chi connectivity index (χ0n) is 12.8. The van der Waals surface area contributed by atoms with Crippen molar-refractivity contribution >= 4 is 5.91 Å². The van der Waals surface area contributed by atoms with Crippen LogP contribution in [-0.2, 0) is 4.79 Å². The van der Waals surface area contributed by atoms with Gasteiger partial charge in [0.05, 0.1) is 13.2 Å². The predicted molar refractivity (Wildman–Crippen MR) is 80.8 cm³/mol. The van der Waals surface area contributed by atoms with E-state index >= 15 is 0 Å². The highest BCUT2D eigenvalue weighted by molar-refractivity contribution is 5.79. The average molecular weight is 275 g/mol. The molecule has 1 heterocycles. The van der Waals surface area contributed by atoms with Crippen molar-refractivity contribution in [2.45, 2.75) is 45.6 Å². The molecule has 0 radical (unpaired) electrons. The van der Waals surface area contributed by atoms with Crippen molar-refractivity contribution in [1.29, 1.82) is 0 Å². The van der Waals surface area contributed by atoms with E-state index in [9.17, 15) is 4.79 Å². The molecular weight excluding hydrogens is 250 g/mol. The van der Waals surface area contributed by atoms with Crippen molar-refractivity contribution in [2.24, 2.45) is 5.92 Å². The zero-order valence-corrected chi connectivity index (χ0v) is 12.8. The summed E-state index contributed by atoms with van der Waals surface area (Å²) in [7, 11) is 1.67. The number of ether oxygens (including phenoxy) is 1. The Bertz CT molecular complexity index is 441. The summed E-state index contributed by atoms with van der Waals surface area (Å²) < 4.78 is 5.20. The number of likely N-dealkylation sites (tertiary alicyclic amines) is 1. The topological polar surface area (TPSA) is 29.5 Å². The molecule has 0 N–H and O–H groups in total. The van der Waals surface area contributed by atoms with Gasteiger partial charge in [-0.25, -0.2) is 0 Å². The van der Waals surface area contributed by atoms with E-state index < -0.39 is 0 Å². The molecule has 1 aromatic carbocycles. The van der Waals surface area contributed by atoms with Crippen LogP contribution in [0.3, 0.4) is 0 Å². The van der Waals surface area contributed by atoms with Crippen LogP contribution in [0.2, 0.25) is 0 Å². The molecule has 0 saturated carbocycles. The minimum Gasteiger partial charge on any atom is -0.497 e. The Morgan fingerprint density at radius 1 is 1.40 bits per heavy atom. The van der Waals surface area contributed by atoms with Gasteiger partial charge < -0.3 is 9.64 Å². The number of hydrogen-bond acceptors (Lipinski definition) is 2. The van der Waals surface area contributed by atoms with E-state index in [-0.39, 0.29) is 12.0 Å². The van der Waals surface area contributed by atoms with Gasteiger partial charge in [0.2, 0.25) is 5.91 Å². The Morgan fingerprint density at radius 3 is 2.70 bits per heavy atom. The number of benzene rings is 1. The molecule has 1 saturated heterocycles. The third-order valence-corrected chi connectivity index (χ3v) is 4.18. The Labute approximate surface area is 121 Å². The Hall–Kier alpha value is -1.51. The molecule has 3 nitrogen and oxygen atoms in total. The van der Waals surface area contributed by atoms with E-state index in [0.717, 1.165) is 38.0 Å². The lowest BCUT2D eigenvalue weighted by molar-refractivity contribution is -0.136. The van der Waals surface area contributed by atoms with Gasteiger partial charge >= 0.3 is 0 Å². The quantitative estimate of drug-likeness (QED) is 0.818. The standard InChI is InChI=1S/C17H25NO2/c1-4-6-13(2)17(19)18-12-5-7-16(18)14-8-10-15(20-3)11-9-14/h8-11,13,16H,4-7,12H2,1-3H3. The van der Waals surface area contributed by atoms with Crippen LogP contribution in [0.5, 0.6) is 5.75 Å². The van der Waals surface area contributed by atoms with Gasteiger partial charge in [0.25, 0.3) is 0 Å². The Balaban J connectivity index is 2.11. The van der Waals surface area contributed by atoms with Crippen LogP contribution in [0.4, 0.5) is 0 Å². The fourth-order valence-electron chi connectivity index (χ4n) is 3.04. The van der Waals surface area contributed by atoms with Gasteiger partial charge in [0.15, 0.2) is 0 Å². The number of rotatable bonds is 5. The van der Waals surface area contributed by atoms with Crippen LogP contribution in [-0.4, -0.2) is 24.5 Å². The first kappa shape index (κ1) is 14.9. The Kier molecular flexibility index (Phi) is 5.05. The molecule has 2 unspecified atom stereocenters. The molecule has 1 aromatic rings. The lowest BCUT2D eigenvalue weighted by atomic mass is 10.0. The average Bonchev–Trinajstić information content (AvgIpc) is 2.96. The van der Waals surface area contributed by atoms with Crippen LogP contribution in [0.1, 0.15) is 51.1 Å². The minimum atomic E-state index is 0.138. The van der Waals surface area contributed by atoms with Crippen molar-refractivity contribution in [3.8, 4) is 5.75 Å². The van der Waals surface area contributed by atoms with Crippen LogP contribution < -0.4 is 4.74 Å². The van der Waals surface area contributed by atoms with Crippen LogP contribution in [0.15, 0.2) is 24.3 Å². The summed E-state index contributed by atoms with van der Waals surface area (Å²) in [6.45, 7) is 5.08. The second-order valence-corrected chi connectivity index (χ2v) is 5.65. The van der Waals surface area contributed by atoms with Gasteiger partial charge in [0, 0.05) is 12.5 Å². The van der Waals surface area contributed by atoms with Gasteiger partial charge in [0.1, 0.15) is 5.75 Å². The molecule has 2 atom stereocenters. The molecule has 0 aromatic heterocycles. The van der Waals surface area contributed by atoms with E-state index in [1.807, 2.05) is 12.1 Å². The van der Waals surface area contributed by atoms with Crippen molar-refractivity contribution in [3.63, 3.8) is 0 Å². The SMILES string of the molecule is CCCC(C)C(=O)N1CCCC1c1ccc(OC)cc1. The smallest absolute Gasteiger partial charge is 0.225 e. The first-order chi connectivity index (χ1) is 9.67. The van der Waals surface area contributed by atoms with E-state index in [4.69, 9.17) is 4.74 Å². The molecule has 20 heavy (non-hydrogen) atoms. The number of nitrogens with zero attached hydrogens (tertiary/aromatic N) is 1. The largest absolute Gasteiger partial charge is 0.497 e. The number of methoxy groups -OCH3 is 1. The maximum Gasteiger partial charge on any atom is 0.225 e. The summed E-state index contributed by atoms with van der Waals surface area (Å²) in [5.41, 5.74) is 1.22. The van der Waals surface area contributed by atoms with E-state index in [2.05, 4.69) is 30.9 Å². The van der Waals surface area contributed by atoms with Gasteiger partial charge in [-0.15, -0.1) is 0 Å². The fourth-order valence-corrected chi connectivity index (χ4v) is 3.04. The summed E-state index contributed by atoms with van der Waals surface area (Å²) in [6, 6.07) is 8.37. The second-order valence-electron chi connectivity index (χ2n) is 5.65. The molecule has 0 bridgehead atoms. The molecule has 1 aliphatic heterocycles. The number of hydrogen-bond donors (Lipinski definition) is 0. The van der Waals surface area contributed by atoms with Crippen molar-refractivity contribution in [1.82, 2.24) is 4.90 Å². The molecule has 1 amide bonds. The third kappa shape index (κ3) is 3.14. The molecule has 1 aliphatic rings. The monoisotopic (exact) mass is 275 g/mol. The highest BCUT2D eigenvalue weighted by Crippen LogP contribution is 2.34. The third-order valence-electron chi connectivity index (χ3n) is 4.18. The van der Waals surface area contributed by atoms with E-state index in [0.29, 0.717) is 5.91 Å². The highest BCUT2D eigenvalue weighted by Gasteiger charge is 2.31. The lowest BCUT2D eigenvalue weighted by Gasteiger charge is -2.28. The fraction of sp³-hybridized carbons (Fsp3) is 0.588. The maximum absolute atomic E-state index is 12.5.